The third kappa shape index (κ3) is 3.41. The van der Waals surface area contributed by atoms with Crippen LogP contribution in [-0.4, -0.2) is 16.9 Å². The number of anilines is 1. The molecule has 0 saturated heterocycles. The van der Waals surface area contributed by atoms with E-state index in [4.69, 9.17) is 12.2 Å². The van der Waals surface area contributed by atoms with E-state index in [0.29, 0.717) is 5.69 Å². The second kappa shape index (κ2) is 5.13. The summed E-state index contributed by atoms with van der Waals surface area (Å²) in [6.07, 6.45) is 6.92. The molecule has 1 unspecified atom stereocenters. The molecule has 0 aliphatic carbocycles. The van der Waals surface area contributed by atoms with Gasteiger partial charge in [0.25, 0.3) is 0 Å². The third-order valence-corrected chi connectivity index (χ3v) is 1.84. The molecule has 1 aromatic rings. The highest BCUT2D eigenvalue weighted by molar-refractivity contribution is 5.94. The Morgan fingerprint density at radius 3 is 3.13 bits per heavy atom. The van der Waals surface area contributed by atoms with Crippen molar-refractivity contribution >= 4 is 11.6 Å². The Hall–Kier alpha value is -1.86. The minimum Gasteiger partial charge on any atom is -0.325 e. The molecular weight excluding hydrogens is 190 g/mol. The fraction of sp³-hybridized carbons (Fsp3) is 0.273. The molecule has 1 atom stereocenters. The molecule has 3 N–H and O–H groups in total. The second-order valence-corrected chi connectivity index (χ2v) is 3.19. The number of hydrogen-bond donors (Lipinski definition) is 2. The lowest BCUT2D eigenvalue weighted by Gasteiger charge is -2.09. The number of carbonyl (C=O) groups excluding carboxylic acids is 1. The van der Waals surface area contributed by atoms with Crippen molar-refractivity contribution in [3.05, 3.63) is 24.0 Å². The lowest BCUT2D eigenvalue weighted by molar-refractivity contribution is -0.117. The molecule has 1 amide bonds. The average molecular weight is 203 g/mol. The Balaban J connectivity index is 2.63. The number of nitrogens with one attached hydrogen (secondary N) is 1. The van der Waals surface area contributed by atoms with Gasteiger partial charge in [-0.25, -0.2) is 0 Å². The van der Waals surface area contributed by atoms with Crippen molar-refractivity contribution in [1.82, 2.24) is 4.98 Å². The Bertz CT molecular complexity index is 395. The van der Waals surface area contributed by atoms with Gasteiger partial charge in [-0.05, 0) is 19.1 Å². The maximum Gasteiger partial charge on any atom is 0.242 e. The van der Waals surface area contributed by atoms with Crippen LogP contribution in [0.25, 0.3) is 0 Å². The van der Waals surface area contributed by atoms with E-state index in [-0.39, 0.29) is 12.3 Å². The van der Waals surface area contributed by atoms with Gasteiger partial charge < -0.3 is 11.1 Å². The molecule has 4 heteroatoms. The van der Waals surface area contributed by atoms with Gasteiger partial charge in [0.15, 0.2) is 0 Å². The van der Waals surface area contributed by atoms with Gasteiger partial charge in [-0.1, -0.05) is 0 Å². The van der Waals surface area contributed by atoms with Crippen LogP contribution in [0.15, 0.2) is 18.3 Å². The van der Waals surface area contributed by atoms with Crippen molar-refractivity contribution < 1.29 is 4.79 Å². The molecule has 0 saturated carbocycles. The molecule has 0 spiro atoms. The van der Waals surface area contributed by atoms with Crippen molar-refractivity contribution in [3.63, 3.8) is 0 Å². The van der Waals surface area contributed by atoms with Crippen LogP contribution in [0, 0.1) is 19.3 Å². The first kappa shape index (κ1) is 11.2. The van der Waals surface area contributed by atoms with Crippen molar-refractivity contribution in [2.24, 2.45) is 5.73 Å². The molecule has 0 aliphatic heterocycles. The summed E-state index contributed by atoms with van der Waals surface area (Å²) >= 11 is 0. The highest BCUT2D eigenvalue weighted by Crippen LogP contribution is 2.07. The first-order chi connectivity index (χ1) is 7.13. The molecule has 78 valence electrons. The molecule has 0 fully saturated rings. The number of terminal acetylenes is 1. The van der Waals surface area contributed by atoms with Crippen LogP contribution in [-0.2, 0) is 4.79 Å². The number of nitrogens with zero attached hydrogens (tertiary/aromatic N) is 1. The normalized spacial score (nSPS) is 11.5. The van der Waals surface area contributed by atoms with E-state index >= 15 is 0 Å². The zero-order valence-electron chi connectivity index (χ0n) is 8.53. The SMILES string of the molecule is C#CCC(N)C(=O)Nc1ccnc(C)c1. The zero-order valence-corrected chi connectivity index (χ0v) is 8.53. The Morgan fingerprint density at radius 2 is 2.53 bits per heavy atom. The van der Waals surface area contributed by atoms with Crippen molar-refractivity contribution in [3.8, 4) is 12.3 Å². The van der Waals surface area contributed by atoms with Crippen molar-refractivity contribution in [1.29, 1.82) is 0 Å². The summed E-state index contributed by atoms with van der Waals surface area (Å²) in [5.41, 5.74) is 7.06. The first-order valence-corrected chi connectivity index (χ1v) is 4.56. The second-order valence-electron chi connectivity index (χ2n) is 3.19. The van der Waals surface area contributed by atoms with E-state index < -0.39 is 6.04 Å². The average Bonchev–Trinajstić information content (AvgIpc) is 2.18. The van der Waals surface area contributed by atoms with Crippen molar-refractivity contribution in [2.75, 3.05) is 5.32 Å². The molecule has 0 radical (unpaired) electrons. The zero-order chi connectivity index (χ0) is 11.3. The molecule has 0 aromatic carbocycles. The number of aromatic nitrogens is 1. The molecule has 1 heterocycles. The molecule has 1 aromatic heterocycles. The predicted molar refractivity (Wildman–Crippen MR) is 59.0 cm³/mol. The van der Waals surface area contributed by atoms with Crippen LogP contribution in [0.2, 0.25) is 0 Å². The molecule has 4 nitrogen and oxygen atoms in total. The van der Waals surface area contributed by atoms with Crippen LogP contribution in [0.3, 0.4) is 0 Å². The quantitative estimate of drug-likeness (QED) is 0.710. The van der Waals surface area contributed by atoms with Crippen LogP contribution in [0.1, 0.15) is 12.1 Å². The maximum atomic E-state index is 11.5. The van der Waals surface area contributed by atoms with E-state index in [1.165, 1.54) is 0 Å². The monoisotopic (exact) mass is 203 g/mol. The number of aryl methyl sites for hydroxylation is 1. The van der Waals surface area contributed by atoms with Gasteiger partial charge in [-0.15, -0.1) is 12.3 Å². The topological polar surface area (TPSA) is 68.0 Å². The number of amides is 1. The summed E-state index contributed by atoms with van der Waals surface area (Å²) in [4.78, 5) is 15.5. The van der Waals surface area contributed by atoms with Crippen LogP contribution in [0.5, 0.6) is 0 Å². The first-order valence-electron chi connectivity index (χ1n) is 4.56. The molecular formula is C11H13N3O. The lowest BCUT2D eigenvalue weighted by atomic mass is 10.2. The largest absolute Gasteiger partial charge is 0.325 e. The Kier molecular flexibility index (Phi) is 3.83. The summed E-state index contributed by atoms with van der Waals surface area (Å²) in [7, 11) is 0. The summed E-state index contributed by atoms with van der Waals surface area (Å²) < 4.78 is 0. The number of rotatable bonds is 3. The van der Waals surface area contributed by atoms with E-state index in [2.05, 4.69) is 16.2 Å². The van der Waals surface area contributed by atoms with Crippen LogP contribution in [0.4, 0.5) is 5.69 Å². The fourth-order valence-electron chi connectivity index (χ4n) is 1.08. The van der Waals surface area contributed by atoms with Gasteiger partial charge in [0.2, 0.25) is 5.91 Å². The van der Waals surface area contributed by atoms with Crippen molar-refractivity contribution in [2.45, 2.75) is 19.4 Å². The number of nitrogens with two attached hydrogens (primary N) is 1. The maximum absolute atomic E-state index is 11.5. The van der Waals surface area contributed by atoms with E-state index in [0.717, 1.165) is 5.69 Å². The standard InChI is InChI=1S/C11H13N3O/c1-3-4-10(12)11(15)14-9-5-6-13-8(2)7-9/h1,5-7,10H,4,12H2,2H3,(H,13,14,15). The molecule has 1 rings (SSSR count). The molecule has 0 bridgehead atoms. The van der Waals surface area contributed by atoms with Crippen LogP contribution >= 0.6 is 0 Å². The highest BCUT2D eigenvalue weighted by Gasteiger charge is 2.11. The Labute approximate surface area is 88.9 Å². The highest BCUT2D eigenvalue weighted by atomic mass is 16.2. The van der Waals surface area contributed by atoms with Gasteiger partial charge in [-0.3, -0.25) is 9.78 Å². The number of carbonyl (C=O) groups is 1. The summed E-state index contributed by atoms with van der Waals surface area (Å²) in [5.74, 6) is 2.07. The number of pyridine rings is 1. The van der Waals surface area contributed by atoms with E-state index in [1.54, 1.807) is 18.3 Å². The van der Waals surface area contributed by atoms with Gasteiger partial charge >= 0.3 is 0 Å². The summed E-state index contributed by atoms with van der Waals surface area (Å²) in [6, 6.07) is 2.80. The van der Waals surface area contributed by atoms with E-state index in [1.807, 2.05) is 6.92 Å². The van der Waals surface area contributed by atoms with Crippen LogP contribution < -0.4 is 11.1 Å². The smallest absolute Gasteiger partial charge is 0.242 e. The summed E-state index contributed by atoms with van der Waals surface area (Å²) in [6.45, 7) is 1.84. The van der Waals surface area contributed by atoms with Gasteiger partial charge in [0.05, 0.1) is 6.04 Å². The summed E-state index contributed by atoms with van der Waals surface area (Å²) in [5, 5.41) is 2.67. The molecule has 15 heavy (non-hydrogen) atoms. The minimum absolute atomic E-state index is 0.232. The third-order valence-electron chi connectivity index (χ3n) is 1.84. The van der Waals surface area contributed by atoms with Gasteiger partial charge in [0.1, 0.15) is 0 Å². The van der Waals surface area contributed by atoms with Gasteiger partial charge in [-0.2, -0.15) is 0 Å². The predicted octanol–water partition coefficient (Wildman–Crippen LogP) is 0.679. The molecule has 0 aliphatic rings. The minimum atomic E-state index is -0.663. The van der Waals surface area contributed by atoms with Gasteiger partial charge in [0, 0.05) is 24.0 Å². The lowest BCUT2D eigenvalue weighted by Crippen LogP contribution is -2.35. The number of hydrogen-bond acceptors (Lipinski definition) is 3. The van der Waals surface area contributed by atoms with E-state index in [9.17, 15) is 4.79 Å². The fourth-order valence-corrected chi connectivity index (χ4v) is 1.08. The Morgan fingerprint density at radius 1 is 1.80 bits per heavy atom.